The summed E-state index contributed by atoms with van der Waals surface area (Å²) in [5, 5.41) is 3.59. The molecule has 0 amide bonds. The van der Waals surface area contributed by atoms with Gasteiger partial charge in [-0.2, -0.15) is 0 Å². The summed E-state index contributed by atoms with van der Waals surface area (Å²) in [6.45, 7) is 10.0. The van der Waals surface area contributed by atoms with E-state index in [1.54, 1.807) is 14.2 Å². The van der Waals surface area contributed by atoms with Crippen molar-refractivity contribution in [2.75, 3.05) is 20.8 Å². The monoisotopic (exact) mass is 279 g/mol. The standard InChI is InChI=1S/C17H29NO2/c1-7-18-16(17(2,3)4)11-9-13-8-10-14(19-5)15(12-13)20-6/h8,10,12,16,18H,7,9,11H2,1-6H3. The van der Waals surface area contributed by atoms with Crippen molar-refractivity contribution in [1.82, 2.24) is 5.32 Å². The molecular formula is C17H29NO2. The van der Waals surface area contributed by atoms with Gasteiger partial charge in [-0.3, -0.25) is 0 Å². The van der Waals surface area contributed by atoms with Crippen LogP contribution in [0.3, 0.4) is 0 Å². The summed E-state index contributed by atoms with van der Waals surface area (Å²) < 4.78 is 10.6. The molecule has 3 heteroatoms. The normalized spacial score (nSPS) is 13.1. The van der Waals surface area contributed by atoms with Gasteiger partial charge in [-0.1, -0.05) is 33.8 Å². The lowest BCUT2D eigenvalue weighted by molar-refractivity contribution is 0.258. The molecule has 1 N–H and O–H groups in total. The zero-order valence-electron chi connectivity index (χ0n) is 13.7. The second-order valence-electron chi connectivity index (χ2n) is 6.20. The van der Waals surface area contributed by atoms with Crippen molar-refractivity contribution < 1.29 is 9.47 Å². The molecule has 0 spiro atoms. The molecular weight excluding hydrogens is 250 g/mol. The fraction of sp³-hybridized carbons (Fsp3) is 0.647. The van der Waals surface area contributed by atoms with Crippen LogP contribution in [0.1, 0.15) is 39.7 Å². The van der Waals surface area contributed by atoms with Crippen LogP contribution in [0.4, 0.5) is 0 Å². The molecule has 3 nitrogen and oxygen atoms in total. The van der Waals surface area contributed by atoms with Gasteiger partial charge >= 0.3 is 0 Å². The van der Waals surface area contributed by atoms with Gasteiger partial charge in [0.2, 0.25) is 0 Å². The Bertz CT molecular complexity index is 410. The number of hydrogen-bond donors (Lipinski definition) is 1. The predicted molar refractivity (Wildman–Crippen MR) is 84.8 cm³/mol. The van der Waals surface area contributed by atoms with Gasteiger partial charge in [-0.15, -0.1) is 0 Å². The third kappa shape index (κ3) is 4.71. The van der Waals surface area contributed by atoms with Crippen LogP contribution < -0.4 is 14.8 Å². The summed E-state index contributed by atoms with van der Waals surface area (Å²) in [6, 6.07) is 6.69. The quantitative estimate of drug-likeness (QED) is 0.826. The van der Waals surface area contributed by atoms with E-state index in [1.807, 2.05) is 6.07 Å². The molecule has 114 valence electrons. The first-order valence-electron chi connectivity index (χ1n) is 7.36. The molecule has 1 aromatic rings. The van der Waals surface area contributed by atoms with E-state index in [2.05, 4.69) is 45.1 Å². The SMILES string of the molecule is CCNC(CCc1ccc(OC)c(OC)c1)C(C)(C)C. The largest absolute Gasteiger partial charge is 0.493 e. The second kappa shape index (κ2) is 7.53. The highest BCUT2D eigenvalue weighted by molar-refractivity contribution is 5.42. The molecule has 0 radical (unpaired) electrons. The molecule has 0 aliphatic carbocycles. The molecule has 20 heavy (non-hydrogen) atoms. The molecule has 1 unspecified atom stereocenters. The number of nitrogens with one attached hydrogen (secondary N) is 1. The molecule has 0 fully saturated rings. The maximum atomic E-state index is 5.36. The van der Waals surface area contributed by atoms with Crippen molar-refractivity contribution in [1.29, 1.82) is 0 Å². The van der Waals surface area contributed by atoms with Crippen LogP contribution in [0.2, 0.25) is 0 Å². The molecule has 1 atom stereocenters. The molecule has 0 heterocycles. The van der Waals surface area contributed by atoms with Crippen LogP contribution in [0.15, 0.2) is 18.2 Å². The van der Waals surface area contributed by atoms with Crippen molar-refractivity contribution >= 4 is 0 Å². The molecule has 0 aliphatic heterocycles. The maximum absolute atomic E-state index is 5.36. The summed E-state index contributed by atoms with van der Waals surface area (Å²) in [7, 11) is 3.34. The summed E-state index contributed by atoms with van der Waals surface area (Å²) in [5.41, 5.74) is 1.56. The first-order valence-corrected chi connectivity index (χ1v) is 7.36. The first-order chi connectivity index (χ1) is 9.42. The minimum atomic E-state index is 0.270. The van der Waals surface area contributed by atoms with Gasteiger partial charge < -0.3 is 14.8 Å². The van der Waals surface area contributed by atoms with Crippen LogP contribution in [0.25, 0.3) is 0 Å². The fourth-order valence-corrected chi connectivity index (χ4v) is 2.43. The van der Waals surface area contributed by atoms with Crippen LogP contribution in [0, 0.1) is 5.41 Å². The molecule has 0 saturated carbocycles. The number of rotatable bonds is 7. The topological polar surface area (TPSA) is 30.5 Å². The lowest BCUT2D eigenvalue weighted by Crippen LogP contribution is -2.40. The van der Waals surface area contributed by atoms with Crippen LogP contribution in [-0.2, 0) is 6.42 Å². The molecule has 1 aromatic carbocycles. The highest BCUT2D eigenvalue weighted by atomic mass is 16.5. The summed E-state index contributed by atoms with van der Waals surface area (Å²) >= 11 is 0. The zero-order valence-corrected chi connectivity index (χ0v) is 13.7. The Balaban J connectivity index is 2.73. The molecule has 0 aromatic heterocycles. The Morgan fingerprint density at radius 2 is 1.75 bits per heavy atom. The minimum absolute atomic E-state index is 0.270. The first kappa shape index (κ1) is 16.8. The fourth-order valence-electron chi connectivity index (χ4n) is 2.43. The van der Waals surface area contributed by atoms with Crippen molar-refractivity contribution in [3.63, 3.8) is 0 Å². The summed E-state index contributed by atoms with van der Waals surface area (Å²) in [4.78, 5) is 0. The van der Waals surface area contributed by atoms with Gasteiger partial charge in [0.1, 0.15) is 0 Å². The number of benzene rings is 1. The highest BCUT2D eigenvalue weighted by Crippen LogP contribution is 2.29. The Kier molecular flexibility index (Phi) is 6.34. The van der Waals surface area contributed by atoms with Crippen LogP contribution >= 0.6 is 0 Å². The maximum Gasteiger partial charge on any atom is 0.160 e. The van der Waals surface area contributed by atoms with Crippen LogP contribution in [-0.4, -0.2) is 26.8 Å². The summed E-state index contributed by atoms with van der Waals surface area (Å²) in [6.07, 6.45) is 2.15. The van der Waals surface area contributed by atoms with Crippen LogP contribution in [0.5, 0.6) is 11.5 Å². The Morgan fingerprint density at radius 1 is 1.10 bits per heavy atom. The summed E-state index contributed by atoms with van der Waals surface area (Å²) in [5.74, 6) is 1.59. The number of ether oxygens (including phenoxy) is 2. The molecule has 0 saturated heterocycles. The Hall–Kier alpha value is -1.22. The number of methoxy groups -OCH3 is 2. The van der Waals surface area contributed by atoms with E-state index in [-0.39, 0.29) is 5.41 Å². The zero-order chi connectivity index (χ0) is 15.2. The highest BCUT2D eigenvalue weighted by Gasteiger charge is 2.23. The van der Waals surface area contributed by atoms with Crippen molar-refractivity contribution in [3.8, 4) is 11.5 Å². The molecule has 0 bridgehead atoms. The average molecular weight is 279 g/mol. The molecule has 0 aliphatic rings. The smallest absolute Gasteiger partial charge is 0.160 e. The second-order valence-corrected chi connectivity index (χ2v) is 6.20. The van der Waals surface area contributed by atoms with Crippen molar-refractivity contribution in [2.24, 2.45) is 5.41 Å². The van der Waals surface area contributed by atoms with Gasteiger partial charge in [0, 0.05) is 6.04 Å². The van der Waals surface area contributed by atoms with Gasteiger partial charge in [-0.25, -0.2) is 0 Å². The van der Waals surface area contributed by atoms with Gasteiger partial charge in [0.05, 0.1) is 14.2 Å². The Labute approximate surface area is 123 Å². The average Bonchev–Trinajstić information content (AvgIpc) is 2.41. The predicted octanol–water partition coefficient (Wildman–Crippen LogP) is 3.66. The van der Waals surface area contributed by atoms with E-state index < -0.39 is 0 Å². The van der Waals surface area contributed by atoms with E-state index in [1.165, 1.54) is 5.56 Å². The third-order valence-corrected chi connectivity index (χ3v) is 3.67. The lowest BCUT2D eigenvalue weighted by Gasteiger charge is -2.31. The number of hydrogen-bond acceptors (Lipinski definition) is 3. The molecule has 1 rings (SSSR count). The van der Waals surface area contributed by atoms with E-state index >= 15 is 0 Å². The van der Waals surface area contributed by atoms with Gasteiger partial charge in [0.25, 0.3) is 0 Å². The third-order valence-electron chi connectivity index (χ3n) is 3.67. The van der Waals surface area contributed by atoms with E-state index in [0.717, 1.165) is 30.9 Å². The minimum Gasteiger partial charge on any atom is -0.493 e. The van der Waals surface area contributed by atoms with Gasteiger partial charge in [0.15, 0.2) is 11.5 Å². The van der Waals surface area contributed by atoms with Gasteiger partial charge in [-0.05, 0) is 42.5 Å². The lowest BCUT2D eigenvalue weighted by atomic mass is 9.83. The van der Waals surface area contributed by atoms with E-state index in [9.17, 15) is 0 Å². The Morgan fingerprint density at radius 3 is 2.25 bits per heavy atom. The number of aryl methyl sites for hydroxylation is 1. The van der Waals surface area contributed by atoms with E-state index in [0.29, 0.717) is 6.04 Å². The van der Waals surface area contributed by atoms with Crippen molar-refractivity contribution in [2.45, 2.75) is 46.6 Å². The van der Waals surface area contributed by atoms with E-state index in [4.69, 9.17) is 9.47 Å². The van der Waals surface area contributed by atoms with Crippen molar-refractivity contribution in [3.05, 3.63) is 23.8 Å².